The first kappa shape index (κ1) is 39.4. The number of nitrogens with zero attached hydrogens (tertiary/aromatic N) is 1. The molecule has 57 heavy (non-hydrogen) atoms. The number of aliphatic hydroxyl groups is 1. The molecule has 0 aliphatic carbocycles. The lowest BCUT2D eigenvalue weighted by Gasteiger charge is -2.36. The van der Waals surface area contributed by atoms with Crippen molar-refractivity contribution in [1.82, 2.24) is 10.2 Å². The minimum absolute atomic E-state index is 0.0418. The molecule has 2 fully saturated rings. The monoisotopic (exact) mass is 785 g/mol. The number of amides is 4. The van der Waals surface area contributed by atoms with Gasteiger partial charge in [0.2, 0.25) is 11.8 Å². The lowest BCUT2D eigenvalue weighted by molar-refractivity contribution is -0.245. The number of hydrogen-bond donors (Lipinski definition) is 3. The molecule has 0 aromatic heterocycles. The van der Waals surface area contributed by atoms with Gasteiger partial charge in [-0.1, -0.05) is 91.0 Å². The van der Waals surface area contributed by atoms with E-state index in [-0.39, 0.29) is 50.2 Å². The zero-order valence-corrected chi connectivity index (χ0v) is 32.2. The number of imide groups is 1. The number of carbonyl (C=O) groups excluding carboxylic acids is 4. The first-order chi connectivity index (χ1) is 27.7. The van der Waals surface area contributed by atoms with Crippen molar-refractivity contribution < 1.29 is 38.5 Å². The lowest BCUT2D eigenvalue weighted by atomic mass is 9.99. The number of nitrogens with one attached hydrogen (secondary N) is 2. The molecule has 11 nitrogen and oxygen atoms in total. The molecule has 292 valence electrons. The minimum atomic E-state index is -0.995. The second kappa shape index (κ2) is 18.4. The molecule has 2 aliphatic rings. The molecule has 7 rings (SSSR count). The van der Waals surface area contributed by atoms with Crippen LogP contribution in [0.5, 0.6) is 0 Å². The number of hydrogen-bond acceptors (Lipinski definition) is 9. The summed E-state index contributed by atoms with van der Waals surface area (Å²) in [5.41, 5.74) is 6.74. The third-order valence-corrected chi connectivity index (χ3v) is 10.9. The van der Waals surface area contributed by atoms with Gasteiger partial charge in [-0.05, 0) is 69.8 Å². The number of likely N-dealkylation sites (tertiary alicyclic amines) is 1. The van der Waals surface area contributed by atoms with E-state index >= 15 is 0 Å². The fourth-order valence-electron chi connectivity index (χ4n) is 6.82. The number of rotatable bonds is 13. The van der Waals surface area contributed by atoms with Gasteiger partial charge >= 0.3 is 6.09 Å². The summed E-state index contributed by atoms with van der Waals surface area (Å²) in [7, 11) is 0. The van der Waals surface area contributed by atoms with Gasteiger partial charge in [0.15, 0.2) is 6.29 Å². The average molecular weight is 786 g/mol. The molecule has 4 unspecified atom stereocenters. The van der Waals surface area contributed by atoms with Gasteiger partial charge in [0.05, 0.1) is 31.8 Å². The molecule has 5 aromatic carbocycles. The molecule has 2 heterocycles. The Balaban J connectivity index is 1.03. The molecule has 5 aromatic rings. The highest BCUT2D eigenvalue weighted by atomic mass is 32.2. The zero-order valence-electron chi connectivity index (χ0n) is 31.3. The van der Waals surface area contributed by atoms with Crippen LogP contribution in [0.3, 0.4) is 0 Å². The Morgan fingerprint density at radius 2 is 1.53 bits per heavy atom. The van der Waals surface area contributed by atoms with Crippen LogP contribution in [0.2, 0.25) is 0 Å². The van der Waals surface area contributed by atoms with E-state index in [1.165, 1.54) is 11.8 Å². The Labute approximate surface area is 335 Å². The van der Waals surface area contributed by atoms with Gasteiger partial charge in [0.25, 0.3) is 5.91 Å². The third kappa shape index (κ3) is 10.3. The lowest BCUT2D eigenvalue weighted by Crippen LogP contribution is -2.41. The van der Waals surface area contributed by atoms with Gasteiger partial charge in [0, 0.05) is 35.2 Å². The summed E-state index contributed by atoms with van der Waals surface area (Å²) < 4.78 is 18.5. The summed E-state index contributed by atoms with van der Waals surface area (Å²) >= 11 is 1.67. The highest BCUT2D eigenvalue weighted by Crippen LogP contribution is 2.40. The Morgan fingerprint density at radius 1 is 0.807 bits per heavy atom. The van der Waals surface area contributed by atoms with Crippen molar-refractivity contribution in [2.75, 3.05) is 11.1 Å². The van der Waals surface area contributed by atoms with Crippen LogP contribution in [0.25, 0.3) is 11.1 Å². The molecular weight excluding hydrogens is 743 g/mol. The minimum Gasteiger partial charge on any atom is -0.445 e. The van der Waals surface area contributed by atoms with Crippen molar-refractivity contribution in [2.24, 2.45) is 0 Å². The number of alkyl carbamates (subject to hydrolysis) is 1. The van der Waals surface area contributed by atoms with Crippen molar-refractivity contribution >= 4 is 41.3 Å². The van der Waals surface area contributed by atoms with Crippen molar-refractivity contribution in [2.45, 2.75) is 69.0 Å². The highest BCUT2D eigenvalue weighted by Gasteiger charge is 2.40. The molecule has 12 heteroatoms. The maximum Gasteiger partial charge on any atom is 0.408 e. The maximum atomic E-state index is 13.2. The first-order valence-electron chi connectivity index (χ1n) is 18.7. The van der Waals surface area contributed by atoms with E-state index in [2.05, 4.69) is 10.6 Å². The Hall–Kier alpha value is -5.79. The SMILES string of the molecule is CC(=O)Nc1ccc(SCC2CC(c3ccc(CO)cc3)OC(c3cccc(-c4cccc(CN5C(=O)CC(NC(=O)OCc6ccccc6)C5=O)c4)c3)O2)cc1. The highest BCUT2D eigenvalue weighted by molar-refractivity contribution is 7.99. The van der Waals surface area contributed by atoms with E-state index in [0.717, 1.165) is 49.5 Å². The summed E-state index contributed by atoms with van der Waals surface area (Å²) in [5.74, 6) is -0.301. The predicted molar refractivity (Wildman–Crippen MR) is 215 cm³/mol. The van der Waals surface area contributed by atoms with Crippen LogP contribution in [0, 0.1) is 0 Å². The Kier molecular flexibility index (Phi) is 12.8. The van der Waals surface area contributed by atoms with E-state index in [4.69, 9.17) is 14.2 Å². The molecule has 4 amide bonds. The number of ether oxygens (including phenoxy) is 3. The van der Waals surface area contributed by atoms with Crippen molar-refractivity contribution in [3.8, 4) is 11.1 Å². The summed E-state index contributed by atoms with van der Waals surface area (Å²) in [6, 6.07) is 39.3. The number of aliphatic hydroxyl groups excluding tert-OH is 1. The van der Waals surface area contributed by atoms with E-state index in [0.29, 0.717) is 12.2 Å². The second-order valence-corrected chi connectivity index (χ2v) is 15.1. The van der Waals surface area contributed by atoms with Gasteiger partial charge in [-0.2, -0.15) is 0 Å². The first-order valence-corrected chi connectivity index (χ1v) is 19.7. The van der Waals surface area contributed by atoms with Gasteiger partial charge in [-0.15, -0.1) is 11.8 Å². The van der Waals surface area contributed by atoms with E-state index < -0.39 is 24.3 Å². The number of benzene rings is 5. The van der Waals surface area contributed by atoms with Gasteiger partial charge in [0.1, 0.15) is 12.6 Å². The van der Waals surface area contributed by atoms with Gasteiger partial charge in [-0.25, -0.2) is 4.79 Å². The fourth-order valence-corrected chi connectivity index (χ4v) is 7.74. The summed E-state index contributed by atoms with van der Waals surface area (Å²) in [4.78, 5) is 52.3. The quantitative estimate of drug-likeness (QED) is 0.0809. The normalized spacial score (nSPS) is 19.3. The van der Waals surface area contributed by atoms with E-state index in [9.17, 15) is 24.3 Å². The van der Waals surface area contributed by atoms with E-state index in [1.54, 1.807) is 11.8 Å². The predicted octanol–water partition coefficient (Wildman–Crippen LogP) is 7.70. The Morgan fingerprint density at radius 3 is 2.26 bits per heavy atom. The fraction of sp³-hybridized carbons (Fsp3) is 0.244. The van der Waals surface area contributed by atoms with Crippen LogP contribution in [-0.4, -0.2) is 51.7 Å². The van der Waals surface area contributed by atoms with Crippen LogP contribution in [-0.2, 0) is 48.4 Å². The third-order valence-electron chi connectivity index (χ3n) is 9.73. The molecule has 2 aliphatic heterocycles. The molecule has 0 spiro atoms. The summed E-state index contributed by atoms with van der Waals surface area (Å²) in [5, 5.41) is 14.9. The second-order valence-electron chi connectivity index (χ2n) is 14.0. The van der Waals surface area contributed by atoms with E-state index in [1.807, 2.05) is 127 Å². The van der Waals surface area contributed by atoms with Crippen LogP contribution < -0.4 is 10.6 Å². The molecule has 0 bridgehead atoms. The molecule has 3 N–H and O–H groups in total. The topological polar surface area (TPSA) is 144 Å². The van der Waals surface area contributed by atoms with Gasteiger partial charge < -0.3 is 30.0 Å². The standard InChI is InChI=1S/C45H43N3O8S/c1-29(50)46-37-17-19-39(20-18-37)57-28-38-23-41(33-15-13-30(26-49)14-16-33)56-44(55-38)36-12-6-11-35(22-36)34-10-5-9-32(21-34)25-48-42(51)24-40(43(48)52)47-45(53)54-27-31-7-3-2-4-8-31/h2-22,38,40-41,44,49H,23-28H2,1H3,(H,46,50)(H,47,53). The smallest absolute Gasteiger partial charge is 0.408 e. The van der Waals surface area contributed by atoms with Crippen molar-refractivity contribution in [1.29, 1.82) is 0 Å². The zero-order chi connectivity index (χ0) is 39.7. The number of anilines is 1. The summed E-state index contributed by atoms with van der Waals surface area (Å²) in [6.07, 6.45) is -1.34. The average Bonchev–Trinajstić information content (AvgIpc) is 3.49. The molecule has 4 atom stereocenters. The Bertz CT molecular complexity index is 2200. The van der Waals surface area contributed by atoms with Crippen LogP contribution >= 0.6 is 11.8 Å². The van der Waals surface area contributed by atoms with Gasteiger partial charge in [-0.3, -0.25) is 19.3 Å². The molecule has 0 saturated carbocycles. The number of carbonyl (C=O) groups is 4. The molecular formula is C45H43N3O8S. The maximum absolute atomic E-state index is 13.2. The molecule has 2 saturated heterocycles. The van der Waals surface area contributed by atoms with Crippen molar-refractivity contribution in [3.63, 3.8) is 0 Å². The van der Waals surface area contributed by atoms with Crippen molar-refractivity contribution in [3.05, 3.63) is 155 Å². The summed E-state index contributed by atoms with van der Waals surface area (Å²) in [6.45, 7) is 1.55. The van der Waals surface area contributed by atoms with Crippen LogP contribution in [0.4, 0.5) is 10.5 Å². The number of thioether (sulfide) groups is 1. The molecule has 0 radical (unpaired) electrons. The van der Waals surface area contributed by atoms with Crippen LogP contribution in [0.1, 0.15) is 60.0 Å². The van der Waals surface area contributed by atoms with Crippen LogP contribution in [0.15, 0.2) is 132 Å². The largest absolute Gasteiger partial charge is 0.445 e.